The Bertz CT molecular complexity index is 492. The number of benzene rings is 1. The van der Waals surface area contributed by atoms with Crippen LogP contribution in [-0.2, 0) is 9.53 Å². The molecular weight excluding hydrogens is 258 g/mol. The van der Waals surface area contributed by atoms with Gasteiger partial charge in [-0.1, -0.05) is 17.2 Å². The van der Waals surface area contributed by atoms with Gasteiger partial charge in [-0.2, -0.15) is 0 Å². The van der Waals surface area contributed by atoms with E-state index in [4.69, 9.17) is 9.84 Å². The SMILES string of the molecule is COCC(C)(CC(=O)O)NC(=O)c1cc(C)cc(C)c1. The van der Waals surface area contributed by atoms with Crippen LogP contribution in [-0.4, -0.2) is 36.2 Å². The number of carbonyl (C=O) groups excluding carboxylic acids is 1. The molecule has 1 unspecified atom stereocenters. The summed E-state index contributed by atoms with van der Waals surface area (Å²) in [6.07, 6.45) is -0.197. The van der Waals surface area contributed by atoms with E-state index in [-0.39, 0.29) is 18.9 Å². The molecule has 0 saturated carbocycles. The van der Waals surface area contributed by atoms with Gasteiger partial charge in [-0.15, -0.1) is 0 Å². The second-order valence-corrected chi connectivity index (χ2v) is 5.39. The summed E-state index contributed by atoms with van der Waals surface area (Å²) in [4.78, 5) is 23.2. The van der Waals surface area contributed by atoms with E-state index in [9.17, 15) is 9.59 Å². The molecule has 0 fully saturated rings. The average Bonchev–Trinajstić information content (AvgIpc) is 2.25. The van der Waals surface area contributed by atoms with Crippen molar-refractivity contribution in [3.63, 3.8) is 0 Å². The van der Waals surface area contributed by atoms with Crippen molar-refractivity contribution in [3.8, 4) is 0 Å². The number of aliphatic carboxylic acids is 1. The Kier molecular flexibility index (Phi) is 5.27. The standard InChI is InChI=1S/C15H21NO4/c1-10-5-11(2)7-12(6-10)14(19)16-15(3,9-20-4)8-13(17)18/h5-7H,8-9H2,1-4H3,(H,16,19)(H,17,18). The summed E-state index contributed by atoms with van der Waals surface area (Å²) in [5.41, 5.74) is 1.56. The van der Waals surface area contributed by atoms with Crippen molar-refractivity contribution in [3.05, 3.63) is 34.9 Å². The highest BCUT2D eigenvalue weighted by Crippen LogP contribution is 2.14. The Morgan fingerprint density at radius 2 is 1.80 bits per heavy atom. The maximum atomic E-state index is 12.3. The second kappa shape index (κ2) is 6.52. The minimum absolute atomic E-state index is 0.135. The van der Waals surface area contributed by atoms with E-state index in [1.807, 2.05) is 19.9 Å². The summed E-state index contributed by atoms with van der Waals surface area (Å²) in [5, 5.41) is 11.7. The van der Waals surface area contributed by atoms with Crippen LogP contribution in [0.3, 0.4) is 0 Å². The summed E-state index contributed by atoms with van der Waals surface area (Å²) in [6, 6.07) is 5.52. The summed E-state index contributed by atoms with van der Waals surface area (Å²) >= 11 is 0. The van der Waals surface area contributed by atoms with Crippen molar-refractivity contribution in [2.75, 3.05) is 13.7 Å². The highest BCUT2D eigenvalue weighted by Gasteiger charge is 2.30. The van der Waals surface area contributed by atoms with E-state index in [1.165, 1.54) is 7.11 Å². The second-order valence-electron chi connectivity index (χ2n) is 5.39. The Hall–Kier alpha value is -1.88. The fourth-order valence-corrected chi connectivity index (χ4v) is 2.24. The van der Waals surface area contributed by atoms with Crippen molar-refractivity contribution in [2.45, 2.75) is 32.7 Å². The number of amides is 1. The number of carboxylic acid groups (broad SMARTS) is 1. The van der Waals surface area contributed by atoms with Crippen LogP contribution in [0.2, 0.25) is 0 Å². The van der Waals surface area contributed by atoms with E-state index in [0.29, 0.717) is 5.56 Å². The van der Waals surface area contributed by atoms with Gasteiger partial charge < -0.3 is 15.2 Å². The maximum absolute atomic E-state index is 12.3. The Morgan fingerprint density at radius 1 is 1.25 bits per heavy atom. The van der Waals surface area contributed by atoms with Crippen molar-refractivity contribution in [1.29, 1.82) is 0 Å². The van der Waals surface area contributed by atoms with Crippen LogP contribution >= 0.6 is 0 Å². The third-order valence-electron chi connectivity index (χ3n) is 2.90. The number of methoxy groups -OCH3 is 1. The minimum Gasteiger partial charge on any atom is -0.481 e. The quantitative estimate of drug-likeness (QED) is 0.834. The smallest absolute Gasteiger partial charge is 0.305 e. The van der Waals surface area contributed by atoms with Gasteiger partial charge >= 0.3 is 5.97 Å². The lowest BCUT2D eigenvalue weighted by molar-refractivity contribution is -0.139. The normalized spacial score (nSPS) is 13.6. The predicted molar refractivity (Wildman–Crippen MR) is 75.9 cm³/mol. The van der Waals surface area contributed by atoms with Crippen molar-refractivity contribution in [1.82, 2.24) is 5.32 Å². The molecule has 0 heterocycles. The molecule has 0 aromatic heterocycles. The third-order valence-corrected chi connectivity index (χ3v) is 2.90. The molecule has 5 heteroatoms. The van der Waals surface area contributed by atoms with E-state index in [1.54, 1.807) is 19.1 Å². The lowest BCUT2D eigenvalue weighted by atomic mass is 9.97. The number of nitrogens with one attached hydrogen (secondary N) is 1. The lowest BCUT2D eigenvalue weighted by Gasteiger charge is -2.28. The molecule has 0 saturated heterocycles. The van der Waals surface area contributed by atoms with E-state index in [0.717, 1.165) is 11.1 Å². The van der Waals surface area contributed by atoms with Gasteiger partial charge in [0, 0.05) is 12.7 Å². The molecule has 1 amide bonds. The van der Waals surface area contributed by atoms with Crippen LogP contribution in [0.15, 0.2) is 18.2 Å². The van der Waals surface area contributed by atoms with Gasteiger partial charge in [-0.25, -0.2) is 0 Å². The topological polar surface area (TPSA) is 75.6 Å². The molecule has 0 aliphatic heterocycles. The zero-order valence-corrected chi connectivity index (χ0v) is 12.3. The summed E-state index contributed by atoms with van der Waals surface area (Å²) in [7, 11) is 1.48. The number of carboxylic acids is 1. The molecule has 0 aliphatic carbocycles. The first-order chi connectivity index (χ1) is 9.25. The lowest BCUT2D eigenvalue weighted by Crippen LogP contribution is -2.50. The molecule has 0 spiro atoms. The number of rotatable bonds is 6. The van der Waals surface area contributed by atoms with E-state index < -0.39 is 11.5 Å². The highest BCUT2D eigenvalue weighted by atomic mass is 16.5. The van der Waals surface area contributed by atoms with Crippen LogP contribution in [0.1, 0.15) is 34.8 Å². The molecule has 1 aromatic rings. The largest absolute Gasteiger partial charge is 0.481 e. The first-order valence-electron chi connectivity index (χ1n) is 6.37. The van der Waals surface area contributed by atoms with Gasteiger partial charge in [0.1, 0.15) is 0 Å². The fraction of sp³-hybridized carbons (Fsp3) is 0.467. The molecular formula is C15H21NO4. The van der Waals surface area contributed by atoms with Crippen molar-refractivity contribution in [2.24, 2.45) is 0 Å². The molecule has 0 radical (unpaired) electrons. The van der Waals surface area contributed by atoms with Gasteiger partial charge in [0.25, 0.3) is 5.91 Å². The number of hydrogen-bond donors (Lipinski definition) is 2. The Labute approximate surface area is 118 Å². The number of hydrogen-bond acceptors (Lipinski definition) is 3. The average molecular weight is 279 g/mol. The molecule has 110 valence electrons. The van der Waals surface area contributed by atoms with Gasteiger partial charge in [-0.05, 0) is 32.9 Å². The zero-order valence-electron chi connectivity index (χ0n) is 12.3. The third kappa shape index (κ3) is 4.66. The molecule has 20 heavy (non-hydrogen) atoms. The minimum atomic E-state index is -0.981. The zero-order chi connectivity index (χ0) is 15.3. The highest BCUT2D eigenvalue weighted by molar-refractivity contribution is 5.95. The maximum Gasteiger partial charge on any atom is 0.305 e. The van der Waals surface area contributed by atoms with Gasteiger partial charge in [0.15, 0.2) is 0 Å². The fourth-order valence-electron chi connectivity index (χ4n) is 2.24. The molecule has 5 nitrogen and oxygen atoms in total. The van der Waals surface area contributed by atoms with Crippen LogP contribution in [0.25, 0.3) is 0 Å². The predicted octanol–water partition coefficient (Wildman–Crippen LogP) is 1.91. The van der Waals surface area contributed by atoms with Crippen LogP contribution in [0, 0.1) is 13.8 Å². The summed E-state index contributed by atoms with van der Waals surface area (Å²) in [5.74, 6) is -1.28. The van der Waals surface area contributed by atoms with Gasteiger partial charge in [0.05, 0.1) is 18.6 Å². The number of ether oxygens (including phenoxy) is 1. The molecule has 1 rings (SSSR count). The molecule has 0 bridgehead atoms. The molecule has 1 atom stereocenters. The first kappa shape index (κ1) is 16.2. The Morgan fingerprint density at radius 3 is 2.25 bits per heavy atom. The summed E-state index contributed by atoms with van der Waals surface area (Å²) < 4.78 is 5.01. The number of carbonyl (C=O) groups is 2. The van der Waals surface area contributed by atoms with E-state index in [2.05, 4.69) is 5.32 Å². The van der Waals surface area contributed by atoms with Crippen LogP contribution in [0.5, 0.6) is 0 Å². The summed E-state index contributed by atoms with van der Waals surface area (Å²) in [6.45, 7) is 5.62. The van der Waals surface area contributed by atoms with Crippen LogP contribution < -0.4 is 5.32 Å². The van der Waals surface area contributed by atoms with Gasteiger partial charge in [-0.3, -0.25) is 9.59 Å². The van der Waals surface area contributed by atoms with E-state index >= 15 is 0 Å². The Balaban J connectivity index is 2.92. The molecule has 0 aliphatic rings. The molecule has 1 aromatic carbocycles. The first-order valence-corrected chi connectivity index (χ1v) is 6.37. The monoisotopic (exact) mass is 279 g/mol. The number of aryl methyl sites for hydroxylation is 2. The van der Waals surface area contributed by atoms with Crippen LogP contribution in [0.4, 0.5) is 0 Å². The molecule has 2 N–H and O–H groups in total. The van der Waals surface area contributed by atoms with Crippen molar-refractivity contribution >= 4 is 11.9 Å². The van der Waals surface area contributed by atoms with Crippen molar-refractivity contribution < 1.29 is 19.4 Å². The van der Waals surface area contributed by atoms with Gasteiger partial charge in [0.2, 0.25) is 0 Å².